The Morgan fingerprint density at radius 2 is 1.74 bits per heavy atom. The molecule has 6 rings (SSSR count). The van der Waals surface area contributed by atoms with Crippen molar-refractivity contribution in [3.05, 3.63) is 117 Å². The van der Waals surface area contributed by atoms with Crippen molar-refractivity contribution in [1.29, 1.82) is 0 Å². The molecule has 5 aromatic rings. The molecule has 34 heavy (non-hydrogen) atoms. The molecule has 0 N–H and O–H groups in total. The molecule has 2 aromatic heterocycles. The van der Waals surface area contributed by atoms with Crippen LogP contribution in [0.2, 0.25) is 5.02 Å². The van der Waals surface area contributed by atoms with E-state index in [4.69, 9.17) is 26.1 Å². The maximum Gasteiger partial charge on any atom is 0.345 e. The summed E-state index contributed by atoms with van der Waals surface area (Å²) in [6.07, 6.45) is 0.735. The Labute approximate surface area is 204 Å². The van der Waals surface area contributed by atoms with Gasteiger partial charge in [-0.05, 0) is 35.4 Å². The van der Waals surface area contributed by atoms with Crippen LogP contribution in [0.1, 0.15) is 23.6 Å². The molecule has 1 aliphatic heterocycles. The lowest BCUT2D eigenvalue weighted by molar-refractivity contribution is 0.563. The summed E-state index contributed by atoms with van der Waals surface area (Å²) >= 11 is 7.59. The third kappa shape index (κ3) is 3.81. The van der Waals surface area contributed by atoms with Crippen LogP contribution in [0.15, 0.2) is 105 Å². The number of hydrogen-bond acceptors (Lipinski definition) is 6. The Hall–Kier alpha value is -3.74. The first-order valence-electron chi connectivity index (χ1n) is 10.8. The number of fused-ring (bicyclic) bond motifs is 1. The Morgan fingerprint density at radius 3 is 2.56 bits per heavy atom. The van der Waals surface area contributed by atoms with Crippen LogP contribution in [0, 0.1) is 0 Å². The van der Waals surface area contributed by atoms with E-state index in [1.165, 1.54) is 11.3 Å². The SMILES string of the molecule is O=c1oc2ccccc2cc1-c1csc(N2N=C(c3ccccc3)C[C@@H]2c2ccc(Cl)cc2)n1. The van der Waals surface area contributed by atoms with E-state index in [-0.39, 0.29) is 6.04 Å². The topological polar surface area (TPSA) is 58.7 Å². The molecular weight excluding hydrogens is 466 g/mol. The average molecular weight is 484 g/mol. The first-order chi connectivity index (χ1) is 16.7. The van der Waals surface area contributed by atoms with Crippen LogP contribution in [0.5, 0.6) is 0 Å². The van der Waals surface area contributed by atoms with E-state index in [0.29, 0.717) is 27.0 Å². The van der Waals surface area contributed by atoms with E-state index in [0.717, 1.165) is 28.6 Å². The van der Waals surface area contributed by atoms with Gasteiger partial charge >= 0.3 is 5.63 Å². The minimum Gasteiger partial charge on any atom is -0.422 e. The fourth-order valence-corrected chi connectivity index (χ4v) is 5.12. The lowest BCUT2D eigenvalue weighted by Gasteiger charge is -2.21. The summed E-state index contributed by atoms with van der Waals surface area (Å²) in [6.45, 7) is 0. The Morgan fingerprint density at radius 1 is 0.971 bits per heavy atom. The molecule has 3 aromatic carbocycles. The number of benzene rings is 3. The molecule has 0 bridgehead atoms. The Bertz CT molecular complexity index is 1580. The summed E-state index contributed by atoms with van der Waals surface area (Å²) in [7, 11) is 0. The first-order valence-corrected chi connectivity index (χ1v) is 12.1. The van der Waals surface area contributed by atoms with Gasteiger partial charge in [-0.3, -0.25) is 0 Å². The fourth-order valence-electron chi connectivity index (χ4n) is 4.17. The lowest BCUT2D eigenvalue weighted by atomic mass is 9.99. The van der Waals surface area contributed by atoms with E-state index in [1.807, 2.05) is 77.1 Å². The Kier molecular flexibility index (Phi) is 5.24. The van der Waals surface area contributed by atoms with Crippen LogP contribution >= 0.6 is 22.9 Å². The highest BCUT2D eigenvalue weighted by molar-refractivity contribution is 7.14. The monoisotopic (exact) mass is 483 g/mol. The standard InChI is InChI=1S/C27H18ClN3O2S/c28-20-12-10-18(11-13-20)24-15-22(17-6-2-1-3-7-17)30-31(24)27-29-23(16-34-27)21-14-19-8-4-5-9-25(19)33-26(21)32/h1-14,16,24H,15H2/t24-/m1/s1. The van der Waals surface area contributed by atoms with E-state index in [9.17, 15) is 4.79 Å². The van der Waals surface area contributed by atoms with Gasteiger partial charge in [-0.1, -0.05) is 72.3 Å². The number of anilines is 1. The molecule has 0 unspecified atom stereocenters. The molecule has 0 aliphatic carbocycles. The third-order valence-corrected chi connectivity index (χ3v) is 6.96. The summed E-state index contributed by atoms with van der Waals surface area (Å²) in [5.74, 6) is 0. The molecule has 3 heterocycles. The van der Waals surface area contributed by atoms with Crippen LogP contribution in [0.4, 0.5) is 5.13 Å². The quantitative estimate of drug-likeness (QED) is 0.260. The minimum absolute atomic E-state index is 0.0283. The van der Waals surface area contributed by atoms with Gasteiger partial charge in [0, 0.05) is 22.2 Å². The molecule has 1 atom stereocenters. The molecule has 0 amide bonds. The predicted octanol–water partition coefficient (Wildman–Crippen LogP) is 6.93. The summed E-state index contributed by atoms with van der Waals surface area (Å²) in [5.41, 5.74) is 4.35. The molecule has 1 aliphatic rings. The van der Waals surface area contributed by atoms with Crippen molar-refractivity contribution in [3.8, 4) is 11.3 Å². The number of halogens is 1. The van der Waals surface area contributed by atoms with Crippen LogP contribution in [-0.2, 0) is 0 Å². The molecular formula is C27H18ClN3O2S. The van der Waals surface area contributed by atoms with Gasteiger partial charge in [0.25, 0.3) is 0 Å². The van der Waals surface area contributed by atoms with Crippen LogP contribution in [0.3, 0.4) is 0 Å². The van der Waals surface area contributed by atoms with Crippen LogP contribution in [0.25, 0.3) is 22.2 Å². The van der Waals surface area contributed by atoms with Gasteiger partial charge < -0.3 is 4.42 Å². The van der Waals surface area contributed by atoms with Crippen LogP contribution < -0.4 is 10.6 Å². The second-order valence-corrected chi connectivity index (χ2v) is 9.30. The van der Waals surface area contributed by atoms with Gasteiger partial charge in [-0.25, -0.2) is 14.8 Å². The van der Waals surface area contributed by atoms with Crippen molar-refractivity contribution >= 4 is 44.8 Å². The number of rotatable bonds is 4. The van der Waals surface area contributed by atoms with Crippen molar-refractivity contribution < 1.29 is 4.42 Å². The van der Waals surface area contributed by atoms with Gasteiger partial charge in [-0.15, -0.1) is 11.3 Å². The van der Waals surface area contributed by atoms with E-state index >= 15 is 0 Å². The number of nitrogens with zero attached hydrogens (tertiary/aromatic N) is 3. The van der Waals surface area contributed by atoms with Crippen molar-refractivity contribution in [2.45, 2.75) is 12.5 Å². The zero-order valence-electron chi connectivity index (χ0n) is 17.9. The van der Waals surface area contributed by atoms with Crippen molar-refractivity contribution in [2.75, 3.05) is 5.01 Å². The van der Waals surface area contributed by atoms with E-state index in [1.54, 1.807) is 6.07 Å². The van der Waals surface area contributed by atoms with Gasteiger partial charge in [0.1, 0.15) is 5.58 Å². The summed E-state index contributed by atoms with van der Waals surface area (Å²) in [4.78, 5) is 17.5. The van der Waals surface area contributed by atoms with Crippen molar-refractivity contribution in [1.82, 2.24) is 4.98 Å². The molecule has 5 nitrogen and oxygen atoms in total. The van der Waals surface area contributed by atoms with Crippen LogP contribution in [-0.4, -0.2) is 10.7 Å². The lowest BCUT2D eigenvalue weighted by Crippen LogP contribution is -2.18. The second-order valence-electron chi connectivity index (χ2n) is 8.03. The Balaban J connectivity index is 1.41. The zero-order chi connectivity index (χ0) is 23.1. The molecule has 0 spiro atoms. The third-order valence-electron chi connectivity index (χ3n) is 5.88. The first kappa shape index (κ1) is 20.8. The fraction of sp³-hybridized carbons (Fsp3) is 0.0741. The smallest absolute Gasteiger partial charge is 0.345 e. The summed E-state index contributed by atoms with van der Waals surface area (Å²) in [5, 5.41) is 11.0. The van der Waals surface area contributed by atoms with Gasteiger partial charge in [0.15, 0.2) is 0 Å². The number of para-hydroxylation sites is 1. The molecule has 0 saturated heterocycles. The second kappa shape index (κ2) is 8.56. The van der Waals surface area contributed by atoms with Gasteiger partial charge in [-0.2, -0.15) is 5.10 Å². The number of aromatic nitrogens is 1. The number of thiazole rings is 1. The highest BCUT2D eigenvalue weighted by Gasteiger charge is 2.32. The average Bonchev–Trinajstić information content (AvgIpc) is 3.52. The minimum atomic E-state index is -0.403. The van der Waals surface area contributed by atoms with Gasteiger partial charge in [0.05, 0.1) is 23.0 Å². The normalized spacial score (nSPS) is 15.6. The largest absolute Gasteiger partial charge is 0.422 e. The maximum absolute atomic E-state index is 12.7. The number of hydrogen-bond donors (Lipinski definition) is 0. The highest BCUT2D eigenvalue weighted by Crippen LogP contribution is 2.39. The van der Waals surface area contributed by atoms with Gasteiger partial charge in [0.2, 0.25) is 5.13 Å². The molecule has 0 saturated carbocycles. The molecule has 7 heteroatoms. The maximum atomic E-state index is 12.7. The molecule has 166 valence electrons. The van der Waals surface area contributed by atoms with E-state index in [2.05, 4.69) is 12.1 Å². The van der Waals surface area contributed by atoms with Crippen molar-refractivity contribution in [2.24, 2.45) is 5.10 Å². The predicted molar refractivity (Wildman–Crippen MR) is 138 cm³/mol. The van der Waals surface area contributed by atoms with E-state index < -0.39 is 5.63 Å². The molecule has 0 radical (unpaired) electrons. The molecule has 0 fully saturated rings. The summed E-state index contributed by atoms with van der Waals surface area (Å²) < 4.78 is 5.51. The highest BCUT2D eigenvalue weighted by atomic mass is 35.5. The zero-order valence-corrected chi connectivity index (χ0v) is 19.5. The van der Waals surface area contributed by atoms with Crippen molar-refractivity contribution in [3.63, 3.8) is 0 Å². The number of hydrazone groups is 1. The summed E-state index contributed by atoms with van der Waals surface area (Å²) in [6, 6.07) is 27.3.